The van der Waals surface area contributed by atoms with Crippen molar-refractivity contribution in [3.8, 4) is 5.75 Å². The van der Waals surface area contributed by atoms with Crippen LogP contribution in [0.25, 0.3) is 0 Å². The summed E-state index contributed by atoms with van der Waals surface area (Å²) in [5, 5.41) is 0.0407. The lowest BCUT2D eigenvalue weighted by Crippen LogP contribution is -2.14. The molecule has 2 N–H and O–H groups in total. The van der Waals surface area contributed by atoms with Gasteiger partial charge in [0.05, 0.1) is 17.7 Å². The van der Waals surface area contributed by atoms with E-state index in [1.54, 1.807) is 12.1 Å². The van der Waals surface area contributed by atoms with Gasteiger partial charge in [0.25, 0.3) is 0 Å². The Hall–Kier alpha value is -1.10. The van der Waals surface area contributed by atoms with Gasteiger partial charge in [-0.05, 0) is 46.6 Å². The minimum Gasteiger partial charge on any atom is -0.494 e. The fourth-order valence-electron chi connectivity index (χ4n) is 1.93. The molecule has 1 unspecified atom stereocenters. The highest BCUT2D eigenvalue weighted by molar-refractivity contribution is 9.10. The number of hydrogen-bond donors (Lipinski definition) is 1. The molecule has 0 radical (unpaired) electrons. The monoisotopic (exact) mass is 357 g/mol. The molecule has 0 amide bonds. The number of nitrogens with two attached hydrogens (primary N) is 1. The number of benzene rings is 2. The van der Waals surface area contributed by atoms with E-state index in [2.05, 4.69) is 15.9 Å². The Morgan fingerprint density at radius 2 is 2.10 bits per heavy atom. The van der Waals surface area contributed by atoms with Crippen molar-refractivity contribution in [3.63, 3.8) is 0 Å². The van der Waals surface area contributed by atoms with Crippen LogP contribution in [0.15, 0.2) is 40.9 Å². The van der Waals surface area contributed by atoms with Gasteiger partial charge in [-0.2, -0.15) is 0 Å². The maximum absolute atomic E-state index is 14.2. The summed E-state index contributed by atoms with van der Waals surface area (Å²) in [5.74, 6) is 0.208. The lowest BCUT2D eigenvalue weighted by Gasteiger charge is -2.16. The Kier molecular flexibility index (Phi) is 5.02. The molecule has 0 bridgehead atoms. The first-order valence-corrected chi connectivity index (χ1v) is 7.33. The van der Waals surface area contributed by atoms with Crippen LogP contribution in [0.1, 0.15) is 24.1 Å². The number of ether oxygens (including phenoxy) is 1. The highest BCUT2D eigenvalue weighted by atomic mass is 79.9. The summed E-state index contributed by atoms with van der Waals surface area (Å²) in [6, 6.07) is 10.0. The standard InChI is InChI=1S/C15H14BrClFNO/c1-2-20-10-5-3-4-9(8-10)15(19)11-6-7-12(16)13(17)14(11)18/h3-8,15H,2,19H2,1H3. The quantitative estimate of drug-likeness (QED) is 0.805. The van der Waals surface area contributed by atoms with Crippen molar-refractivity contribution in [2.45, 2.75) is 13.0 Å². The molecule has 0 heterocycles. The van der Waals surface area contributed by atoms with Crippen LogP contribution >= 0.6 is 27.5 Å². The largest absolute Gasteiger partial charge is 0.494 e. The van der Waals surface area contributed by atoms with Crippen molar-refractivity contribution in [3.05, 3.63) is 62.8 Å². The van der Waals surface area contributed by atoms with Crippen LogP contribution in [-0.2, 0) is 0 Å². The van der Waals surface area contributed by atoms with Gasteiger partial charge in [0.15, 0.2) is 0 Å². The van der Waals surface area contributed by atoms with Gasteiger partial charge >= 0.3 is 0 Å². The average Bonchev–Trinajstić information content (AvgIpc) is 2.45. The van der Waals surface area contributed by atoms with Crippen LogP contribution in [0.5, 0.6) is 5.75 Å². The molecule has 2 aromatic carbocycles. The van der Waals surface area contributed by atoms with E-state index in [0.717, 1.165) is 5.56 Å². The molecule has 0 fully saturated rings. The summed E-state index contributed by atoms with van der Waals surface area (Å²) >= 11 is 9.08. The van der Waals surface area contributed by atoms with Crippen molar-refractivity contribution >= 4 is 27.5 Å². The molecule has 2 aromatic rings. The minimum atomic E-state index is -0.596. The van der Waals surface area contributed by atoms with Crippen LogP contribution in [0, 0.1) is 5.82 Å². The molecule has 0 aliphatic heterocycles. The maximum atomic E-state index is 14.2. The lowest BCUT2D eigenvalue weighted by molar-refractivity contribution is 0.340. The smallest absolute Gasteiger partial charge is 0.148 e. The minimum absolute atomic E-state index is 0.0407. The second-order valence-electron chi connectivity index (χ2n) is 4.25. The molecule has 0 aromatic heterocycles. The maximum Gasteiger partial charge on any atom is 0.148 e. The SMILES string of the molecule is CCOc1cccc(C(N)c2ccc(Br)c(Cl)c2F)c1. The highest BCUT2D eigenvalue weighted by Gasteiger charge is 2.17. The Labute approximate surface area is 130 Å². The van der Waals surface area contributed by atoms with Gasteiger partial charge < -0.3 is 10.5 Å². The van der Waals surface area contributed by atoms with E-state index in [9.17, 15) is 4.39 Å². The molecule has 106 valence electrons. The van der Waals surface area contributed by atoms with Gasteiger partial charge in [-0.15, -0.1) is 0 Å². The van der Waals surface area contributed by atoms with Crippen LogP contribution in [-0.4, -0.2) is 6.61 Å². The van der Waals surface area contributed by atoms with Gasteiger partial charge in [-0.25, -0.2) is 4.39 Å². The second kappa shape index (κ2) is 6.57. The van der Waals surface area contributed by atoms with E-state index >= 15 is 0 Å². The fourth-order valence-corrected chi connectivity index (χ4v) is 2.40. The Balaban J connectivity index is 2.38. The van der Waals surface area contributed by atoms with E-state index in [-0.39, 0.29) is 5.02 Å². The molecule has 2 rings (SSSR count). The van der Waals surface area contributed by atoms with E-state index < -0.39 is 11.9 Å². The summed E-state index contributed by atoms with van der Waals surface area (Å²) in [7, 11) is 0. The molecular weight excluding hydrogens is 345 g/mol. The summed E-state index contributed by atoms with van der Waals surface area (Å²) in [5.41, 5.74) is 7.26. The van der Waals surface area contributed by atoms with Gasteiger partial charge in [0.2, 0.25) is 0 Å². The van der Waals surface area contributed by atoms with Gasteiger partial charge in [-0.1, -0.05) is 29.8 Å². The molecular formula is C15H14BrClFNO. The van der Waals surface area contributed by atoms with E-state index in [1.807, 2.05) is 31.2 Å². The molecule has 20 heavy (non-hydrogen) atoms. The van der Waals surface area contributed by atoms with E-state index in [0.29, 0.717) is 22.4 Å². The first-order chi connectivity index (χ1) is 9.54. The number of halogens is 3. The highest BCUT2D eigenvalue weighted by Crippen LogP contribution is 2.32. The fraction of sp³-hybridized carbons (Fsp3) is 0.200. The van der Waals surface area contributed by atoms with E-state index in [4.69, 9.17) is 22.1 Å². The van der Waals surface area contributed by atoms with Crippen molar-refractivity contribution in [1.82, 2.24) is 0 Å². The zero-order valence-corrected chi connectivity index (χ0v) is 13.2. The third kappa shape index (κ3) is 3.14. The van der Waals surface area contributed by atoms with Crippen molar-refractivity contribution in [1.29, 1.82) is 0 Å². The first kappa shape index (κ1) is 15.3. The van der Waals surface area contributed by atoms with Crippen molar-refractivity contribution in [2.24, 2.45) is 5.73 Å². The van der Waals surface area contributed by atoms with Crippen LogP contribution in [0.2, 0.25) is 5.02 Å². The second-order valence-corrected chi connectivity index (χ2v) is 5.48. The van der Waals surface area contributed by atoms with Crippen molar-refractivity contribution < 1.29 is 9.13 Å². The number of rotatable bonds is 4. The summed E-state index contributed by atoms with van der Waals surface area (Å²) in [6.07, 6.45) is 0. The van der Waals surface area contributed by atoms with Gasteiger partial charge in [0.1, 0.15) is 11.6 Å². The zero-order valence-electron chi connectivity index (χ0n) is 10.9. The predicted octanol–water partition coefficient (Wildman–Crippen LogP) is 4.69. The van der Waals surface area contributed by atoms with E-state index in [1.165, 1.54) is 0 Å². The van der Waals surface area contributed by atoms with Gasteiger partial charge in [-0.3, -0.25) is 0 Å². The molecule has 1 atom stereocenters. The van der Waals surface area contributed by atoms with Crippen molar-refractivity contribution in [2.75, 3.05) is 6.61 Å². The summed E-state index contributed by atoms with van der Waals surface area (Å²) in [6.45, 7) is 2.47. The molecule has 0 saturated carbocycles. The predicted molar refractivity (Wildman–Crippen MR) is 82.8 cm³/mol. The van der Waals surface area contributed by atoms with Crippen LogP contribution in [0.4, 0.5) is 4.39 Å². The summed E-state index contributed by atoms with van der Waals surface area (Å²) in [4.78, 5) is 0. The zero-order chi connectivity index (χ0) is 14.7. The van der Waals surface area contributed by atoms with Crippen LogP contribution in [0.3, 0.4) is 0 Å². The Morgan fingerprint density at radius 1 is 1.35 bits per heavy atom. The topological polar surface area (TPSA) is 35.2 Å². The Morgan fingerprint density at radius 3 is 2.80 bits per heavy atom. The third-order valence-corrected chi connectivity index (χ3v) is 4.19. The normalized spacial score (nSPS) is 12.2. The first-order valence-electron chi connectivity index (χ1n) is 6.16. The molecule has 0 aliphatic carbocycles. The van der Waals surface area contributed by atoms with Crippen LogP contribution < -0.4 is 10.5 Å². The average molecular weight is 359 g/mol. The molecule has 0 spiro atoms. The molecule has 2 nitrogen and oxygen atoms in total. The van der Waals surface area contributed by atoms with Gasteiger partial charge in [0, 0.05) is 10.0 Å². The lowest BCUT2D eigenvalue weighted by atomic mass is 9.99. The number of hydrogen-bond acceptors (Lipinski definition) is 2. The summed E-state index contributed by atoms with van der Waals surface area (Å²) < 4.78 is 20.1. The molecule has 0 aliphatic rings. The Bertz CT molecular complexity index is 621. The molecule has 0 saturated heterocycles. The molecule has 5 heteroatoms. The third-order valence-electron chi connectivity index (χ3n) is 2.93.